The molecule has 0 heterocycles. The lowest BCUT2D eigenvalue weighted by Gasteiger charge is -2.30. The van der Waals surface area contributed by atoms with Gasteiger partial charge in [-0.1, -0.05) is 97.9 Å². The summed E-state index contributed by atoms with van der Waals surface area (Å²) in [6, 6.07) is 32.4. The van der Waals surface area contributed by atoms with E-state index in [9.17, 15) is 0 Å². The second kappa shape index (κ2) is 11.6. The van der Waals surface area contributed by atoms with Crippen LogP contribution in [0.2, 0.25) is 0 Å². The highest BCUT2D eigenvalue weighted by Crippen LogP contribution is 2.43. The maximum atomic E-state index is 6.29. The van der Waals surface area contributed by atoms with Crippen LogP contribution in [0.3, 0.4) is 0 Å². The molecule has 0 bridgehead atoms. The summed E-state index contributed by atoms with van der Waals surface area (Å²) in [5.74, 6) is 0.566. The first-order valence-corrected chi connectivity index (χ1v) is 12.2. The van der Waals surface area contributed by atoms with Gasteiger partial charge in [-0.05, 0) is 42.4 Å². The summed E-state index contributed by atoms with van der Waals surface area (Å²) >= 11 is 0. The molecule has 3 aromatic rings. The summed E-state index contributed by atoms with van der Waals surface area (Å²) in [6.45, 7) is 7.37. The largest absolute Gasteiger partial charge is 0.376 e. The zero-order valence-electron chi connectivity index (χ0n) is 20.0. The van der Waals surface area contributed by atoms with Crippen molar-refractivity contribution in [2.75, 3.05) is 13.2 Å². The zero-order valence-corrected chi connectivity index (χ0v) is 20.0. The van der Waals surface area contributed by atoms with Crippen LogP contribution < -0.4 is 5.32 Å². The van der Waals surface area contributed by atoms with Crippen LogP contribution >= 0.6 is 0 Å². The molecule has 0 aromatic heterocycles. The summed E-state index contributed by atoms with van der Waals surface area (Å²) in [5.41, 5.74) is 3.80. The van der Waals surface area contributed by atoms with Crippen LogP contribution in [0.25, 0.3) is 0 Å². The number of nitrogens with one attached hydrogen (secondary N) is 1. The van der Waals surface area contributed by atoms with Gasteiger partial charge in [0.15, 0.2) is 0 Å². The average Bonchev–Trinajstić information content (AvgIpc) is 3.15. The number of benzene rings is 3. The Hall–Kier alpha value is -2.46. The van der Waals surface area contributed by atoms with E-state index in [4.69, 9.17) is 9.47 Å². The van der Waals surface area contributed by atoms with Gasteiger partial charge in [0.25, 0.3) is 0 Å². The first-order valence-electron chi connectivity index (χ1n) is 12.2. The topological polar surface area (TPSA) is 30.5 Å². The molecule has 0 amide bonds. The molecule has 3 nitrogen and oxygen atoms in total. The highest BCUT2D eigenvalue weighted by molar-refractivity contribution is 5.19. The minimum absolute atomic E-state index is 0.0249. The average molecular weight is 444 g/mol. The Labute approximate surface area is 199 Å². The second-order valence-electron chi connectivity index (χ2n) is 9.75. The maximum absolute atomic E-state index is 6.29. The second-order valence-corrected chi connectivity index (χ2v) is 9.75. The third-order valence-electron chi connectivity index (χ3n) is 6.90. The van der Waals surface area contributed by atoms with Crippen molar-refractivity contribution in [3.05, 3.63) is 108 Å². The van der Waals surface area contributed by atoms with E-state index in [0.29, 0.717) is 31.2 Å². The van der Waals surface area contributed by atoms with E-state index in [2.05, 4.69) is 98.0 Å². The van der Waals surface area contributed by atoms with Crippen molar-refractivity contribution in [3.63, 3.8) is 0 Å². The highest BCUT2D eigenvalue weighted by Gasteiger charge is 2.44. The van der Waals surface area contributed by atoms with Gasteiger partial charge in [-0.3, -0.25) is 0 Å². The molecule has 4 rings (SSSR count). The summed E-state index contributed by atoms with van der Waals surface area (Å²) in [5, 5.41) is 3.90. The monoisotopic (exact) mass is 443 g/mol. The Morgan fingerprint density at radius 3 is 1.76 bits per heavy atom. The third-order valence-corrected chi connectivity index (χ3v) is 6.90. The van der Waals surface area contributed by atoms with Crippen LogP contribution in [-0.4, -0.2) is 19.3 Å². The van der Waals surface area contributed by atoms with Gasteiger partial charge in [-0.15, -0.1) is 0 Å². The van der Waals surface area contributed by atoms with E-state index in [1.54, 1.807) is 0 Å². The van der Waals surface area contributed by atoms with Gasteiger partial charge in [0.2, 0.25) is 0 Å². The number of hydrogen-bond acceptors (Lipinski definition) is 3. The quantitative estimate of drug-likeness (QED) is 0.364. The van der Waals surface area contributed by atoms with Crippen LogP contribution in [0.4, 0.5) is 0 Å². The molecular weight excluding hydrogens is 406 g/mol. The lowest BCUT2D eigenvalue weighted by atomic mass is 9.87. The van der Waals surface area contributed by atoms with Gasteiger partial charge in [0.05, 0.1) is 26.4 Å². The highest BCUT2D eigenvalue weighted by atomic mass is 16.5. The predicted molar refractivity (Wildman–Crippen MR) is 135 cm³/mol. The number of ether oxygens (including phenoxy) is 2. The van der Waals surface area contributed by atoms with E-state index in [-0.39, 0.29) is 5.41 Å². The minimum Gasteiger partial charge on any atom is -0.376 e. The molecule has 1 aliphatic carbocycles. The van der Waals surface area contributed by atoms with Crippen molar-refractivity contribution in [2.24, 2.45) is 11.3 Å². The normalized spacial score (nSPS) is 20.5. The van der Waals surface area contributed by atoms with Crippen molar-refractivity contribution in [2.45, 2.75) is 52.0 Å². The van der Waals surface area contributed by atoms with E-state index in [1.165, 1.54) is 16.7 Å². The lowest BCUT2D eigenvalue weighted by molar-refractivity contribution is -0.0322. The Bertz CT molecular complexity index is 899. The minimum atomic E-state index is 0.0249. The Morgan fingerprint density at radius 1 is 0.758 bits per heavy atom. The molecule has 0 radical (unpaired) electrons. The molecule has 0 unspecified atom stereocenters. The number of rotatable bonds is 11. The summed E-state index contributed by atoms with van der Waals surface area (Å²) < 4.78 is 12.6. The van der Waals surface area contributed by atoms with Crippen molar-refractivity contribution in [1.82, 2.24) is 5.32 Å². The maximum Gasteiger partial charge on any atom is 0.0717 e. The molecule has 1 fully saturated rings. The summed E-state index contributed by atoms with van der Waals surface area (Å²) in [7, 11) is 0. The van der Waals surface area contributed by atoms with Crippen LogP contribution in [-0.2, 0) is 22.7 Å². The molecule has 1 aliphatic rings. The smallest absolute Gasteiger partial charge is 0.0717 e. The van der Waals surface area contributed by atoms with Gasteiger partial charge in [0, 0.05) is 17.5 Å². The molecule has 3 heteroatoms. The Kier molecular flexibility index (Phi) is 8.33. The van der Waals surface area contributed by atoms with Gasteiger partial charge in [0.1, 0.15) is 0 Å². The predicted octanol–water partition coefficient (Wildman–Crippen LogP) is 6.56. The fraction of sp³-hybridized carbons (Fsp3) is 0.400. The van der Waals surface area contributed by atoms with Crippen LogP contribution in [0.1, 0.15) is 49.4 Å². The molecule has 33 heavy (non-hydrogen) atoms. The van der Waals surface area contributed by atoms with Crippen molar-refractivity contribution >= 4 is 0 Å². The molecule has 1 saturated carbocycles. The van der Waals surface area contributed by atoms with Gasteiger partial charge >= 0.3 is 0 Å². The van der Waals surface area contributed by atoms with Crippen LogP contribution in [0.15, 0.2) is 91.0 Å². The molecule has 1 N–H and O–H groups in total. The Morgan fingerprint density at radius 2 is 1.24 bits per heavy atom. The summed E-state index contributed by atoms with van der Waals surface area (Å²) in [6.07, 6.45) is 2.17. The fourth-order valence-electron chi connectivity index (χ4n) is 5.16. The molecule has 0 spiro atoms. The summed E-state index contributed by atoms with van der Waals surface area (Å²) in [4.78, 5) is 0. The van der Waals surface area contributed by atoms with Crippen molar-refractivity contribution in [1.29, 1.82) is 0 Å². The molecule has 0 aliphatic heterocycles. The van der Waals surface area contributed by atoms with E-state index < -0.39 is 0 Å². The van der Waals surface area contributed by atoms with Gasteiger partial charge in [-0.25, -0.2) is 0 Å². The fourth-order valence-corrected chi connectivity index (χ4v) is 5.16. The van der Waals surface area contributed by atoms with Gasteiger partial charge < -0.3 is 14.8 Å². The van der Waals surface area contributed by atoms with Gasteiger partial charge in [-0.2, -0.15) is 0 Å². The van der Waals surface area contributed by atoms with Crippen LogP contribution in [0, 0.1) is 11.3 Å². The lowest BCUT2D eigenvalue weighted by Crippen LogP contribution is -2.36. The SMILES string of the molecule is C[C@@H]1CC(COCc2ccccc2)(COCc2ccccc2)C[C@@H]1N[C@H](C)c1ccccc1. The molecule has 3 atom stereocenters. The van der Waals surface area contributed by atoms with E-state index in [1.807, 2.05) is 12.1 Å². The first-order chi connectivity index (χ1) is 16.1. The number of hydrogen-bond donors (Lipinski definition) is 1. The zero-order chi connectivity index (χ0) is 22.9. The molecular formula is C30H37NO2. The third kappa shape index (κ3) is 6.77. The van der Waals surface area contributed by atoms with Crippen LogP contribution in [0.5, 0.6) is 0 Å². The van der Waals surface area contributed by atoms with E-state index >= 15 is 0 Å². The van der Waals surface area contributed by atoms with Crippen molar-refractivity contribution in [3.8, 4) is 0 Å². The first kappa shape index (κ1) is 23.7. The van der Waals surface area contributed by atoms with E-state index in [0.717, 1.165) is 26.1 Å². The Balaban J connectivity index is 1.39. The molecule has 174 valence electrons. The molecule has 3 aromatic carbocycles. The standard InChI is InChI=1S/C30H37NO2/c1-24-18-30(22-32-20-26-12-6-3-7-13-26,23-33-21-27-14-8-4-9-15-27)19-29(24)31-25(2)28-16-10-5-11-17-28/h3-17,24-25,29,31H,18-23H2,1-2H3/t24-,25-,29+/m1/s1. The molecule has 0 saturated heterocycles. The van der Waals surface area contributed by atoms with Crippen molar-refractivity contribution < 1.29 is 9.47 Å².